The number of fused-ring (bicyclic) bond motifs is 1. The molecule has 1 aromatic rings. The van der Waals surface area contributed by atoms with Crippen molar-refractivity contribution in [1.29, 1.82) is 0 Å². The molecule has 0 saturated carbocycles. The number of hydrogen-bond donors (Lipinski definition) is 1. The zero-order chi connectivity index (χ0) is 11.5. The molecular formula is C10H13BClN3O. The van der Waals surface area contributed by atoms with Crippen LogP contribution < -0.4 is 5.46 Å². The van der Waals surface area contributed by atoms with E-state index in [0.29, 0.717) is 10.6 Å². The van der Waals surface area contributed by atoms with Crippen molar-refractivity contribution in [2.45, 2.75) is 19.8 Å². The van der Waals surface area contributed by atoms with Crippen LogP contribution in [0.15, 0.2) is 17.4 Å². The maximum absolute atomic E-state index is 10.1. The lowest BCUT2D eigenvalue weighted by molar-refractivity contribution is 0.379. The zero-order valence-corrected chi connectivity index (χ0v) is 9.85. The third-order valence-electron chi connectivity index (χ3n) is 2.60. The number of nitrogens with zero attached hydrogens (tertiary/aromatic N) is 3. The third kappa shape index (κ3) is 2.06. The van der Waals surface area contributed by atoms with E-state index in [4.69, 9.17) is 11.6 Å². The third-order valence-corrected chi connectivity index (χ3v) is 2.90. The predicted octanol–water partition coefficient (Wildman–Crippen LogP) is 0.872. The van der Waals surface area contributed by atoms with Crippen molar-refractivity contribution in [2.24, 2.45) is 5.10 Å². The summed E-state index contributed by atoms with van der Waals surface area (Å²) in [6, 6.07) is 1.80. The van der Waals surface area contributed by atoms with E-state index in [1.807, 2.05) is 0 Å². The molecular weight excluding hydrogens is 224 g/mol. The van der Waals surface area contributed by atoms with Gasteiger partial charge >= 0.3 is 7.05 Å². The average Bonchev–Trinajstić information content (AvgIpc) is 2.28. The fraction of sp³-hybridized carbons (Fsp3) is 0.400. The van der Waals surface area contributed by atoms with Crippen molar-refractivity contribution < 1.29 is 5.02 Å². The minimum Gasteiger partial charge on any atom is -0.428 e. The van der Waals surface area contributed by atoms with Crippen LogP contribution in [0.1, 0.15) is 25.3 Å². The molecule has 6 heteroatoms. The minimum atomic E-state index is -0.784. The van der Waals surface area contributed by atoms with E-state index in [2.05, 4.69) is 17.0 Å². The second-order valence-corrected chi connectivity index (χ2v) is 4.10. The highest BCUT2D eigenvalue weighted by Crippen LogP contribution is 2.11. The smallest absolute Gasteiger partial charge is 0.428 e. The molecule has 1 aromatic heterocycles. The molecule has 1 aliphatic rings. The van der Waals surface area contributed by atoms with Crippen LogP contribution in [0, 0.1) is 0 Å². The van der Waals surface area contributed by atoms with Crippen molar-refractivity contribution in [3.8, 4) is 0 Å². The van der Waals surface area contributed by atoms with E-state index in [1.165, 1.54) is 0 Å². The summed E-state index contributed by atoms with van der Waals surface area (Å²) < 4.78 is 0. The quantitative estimate of drug-likeness (QED) is 0.627. The molecule has 2 heterocycles. The number of halogens is 1. The van der Waals surface area contributed by atoms with E-state index in [1.54, 1.807) is 23.4 Å². The molecule has 2 rings (SSSR count). The van der Waals surface area contributed by atoms with Gasteiger partial charge in [0.25, 0.3) is 0 Å². The minimum absolute atomic E-state index is 0.345. The Morgan fingerprint density at radius 3 is 3.12 bits per heavy atom. The van der Waals surface area contributed by atoms with Crippen LogP contribution in [0.5, 0.6) is 0 Å². The first-order valence-corrected chi connectivity index (χ1v) is 5.75. The van der Waals surface area contributed by atoms with Gasteiger partial charge < -0.3 is 9.94 Å². The Bertz CT molecular complexity index is 413. The van der Waals surface area contributed by atoms with Crippen LogP contribution in [0.3, 0.4) is 0 Å². The largest absolute Gasteiger partial charge is 0.469 e. The lowest BCUT2D eigenvalue weighted by Gasteiger charge is -2.26. The molecule has 0 spiro atoms. The first-order valence-electron chi connectivity index (χ1n) is 5.37. The normalized spacial score (nSPS) is 14.2. The van der Waals surface area contributed by atoms with Gasteiger partial charge in [0.15, 0.2) is 0 Å². The summed E-state index contributed by atoms with van der Waals surface area (Å²) in [5.41, 5.74) is 1.48. The summed E-state index contributed by atoms with van der Waals surface area (Å²) in [4.78, 5) is 5.61. The summed E-state index contributed by atoms with van der Waals surface area (Å²) in [5.74, 6) is 0. The first kappa shape index (κ1) is 11.4. The van der Waals surface area contributed by atoms with Gasteiger partial charge in [-0.1, -0.05) is 24.9 Å². The molecule has 84 valence electrons. The fourth-order valence-corrected chi connectivity index (χ4v) is 1.94. The van der Waals surface area contributed by atoms with E-state index < -0.39 is 7.05 Å². The standard InChI is InChI=1S/C10H13BClN3O/c1-2-3-6-15-11(16)9-8(7-14-15)4-5-13-10(9)12/h4-5,7,16H,2-3,6H2,1H3. The molecule has 1 N–H and O–H groups in total. The highest BCUT2D eigenvalue weighted by molar-refractivity contribution is 6.68. The summed E-state index contributed by atoms with van der Waals surface area (Å²) in [6.45, 7) is 2.82. The molecule has 16 heavy (non-hydrogen) atoms. The van der Waals surface area contributed by atoms with Gasteiger partial charge in [-0.15, -0.1) is 0 Å². The van der Waals surface area contributed by atoms with Crippen LogP contribution in [-0.2, 0) is 0 Å². The van der Waals surface area contributed by atoms with E-state index >= 15 is 0 Å². The molecule has 1 aliphatic heterocycles. The number of hydrogen-bond acceptors (Lipinski definition) is 4. The summed E-state index contributed by atoms with van der Waals surface area (Å²) in [6.07, 6.45) is 5.38. The van der Waals surface area contributed by atoms with Gasteiger partial charge in [0.2, 0.25) is 0 Å². The molecule has 0 bridgehead atoms. The first-order chi connectivity index (χ1) is 7.74. The number of aromatic nitrogens is 1. The molecule has 0 aliphatic carbocycles. The highest BCUT2D eigenvalue weighted by atomic mass is 35.5. The molecule has 0 saturated heterocycles. The van der Waals surface area contributed by atoms with E-state index in [0.717, 1.165) is 24.9 Å². The van der Waals surface area contributed by atoms with Crippen LogP contribution >= 0.6 is 11.6 Å². The number of hydrazone groups is 1. The van der Waals surface area contributed by atoms with Crippen molar-refractivity contribution >= 4 is 30.3 Å². The number of unbranched alkanes of at least 4 members (excludes halogenated alkanes) is 1. The summed E-state index contributed by atoms with van der Waals surface area (Å²) >= 11 is 5.98. The molecule has 0 unspecified atom stereocenters. The molecule has 0 radical (unpaired) electrons. The lowest BCUT2D eigenvalue weighted by Crippen LogP contribution is -2.50. The Labute approximate surface area is 100 Å². The maximum atomic E-state index is 10.1. The van der Waals surface area contributed by atoms with E-state index in [-0.39, 0.29) is 0 Å². The SMILES string of the molecule is CCCCN1N=Cc2ccnc(Cl)c2B1O. The number of rotatable bonds is 3. The van der Waals surface area contributed by atoms with Gasteiger partial charge in [0, 0.05) is 18.2 Å². The molecule has 0 aromatic carbocycles. The second-order valence-electron chi connectivity index (χ2n) is 3.74. The van der Waals surface area contributed by atoms with Gasteiger partial charge in [0.05, 0.1) is 6.21 Å². The van der Waals surface area contributed by atoms with Crippen molar-refractivity contribution in [3.05, 3.63) is 23.0 Å². The van der Waals surface area contributed by atoms with Crippen LogP contribution in [0.4, 0.5) is 0 Å². The lowest BCUT2D eigenvalue weighted by atomic mass is 9.70. The highest BCUT2D eigenvalue weighted by Gasteiger charge is 2.31. The van der Waals surface area contributed by atoms with Crippen LogP contribution in [0.2, 0.25) is 5.15 Å². The zero-order valence-electron chi connectivity index (χ0n) is 9.10. The van der Waals surface area contributed by atoms with Gasteiger partial charge in [-0.05, 0) is 18.1 Å². The Balaban J connectivity index is 2.26. The van der Waals surface area contributed by atoms with Crippen molar-refractivity contribution in [2.75, 3.05) is 6.54 Å². The van der Waals surface area contributed by atoms with Gasteiger partial charge in [0.1, 0.15) is 5.15 Å². The molecule has 0 fully saturated rings. The average molecular weight is 237 g/mol. The Morgan fingerprint density at radius 1 is 1.56 bits per heavy atom. The van der Waals surface area contributed by atoms with Crippen LogP contribution in [0.25, 0.3) is 0 Å². The van der Waals surface area contributed by atoms with E-state index in [9.17, 15) is 5.02 Å². The van der Waals surface area contributed by atoms with Gasteiger partial charge in [-0.2, -0.15) is 5.10 Å². The Hall–Kier alpha value is -1.07. The van der Waals surface area contributed by atoms with Gasteiger partial charge in [-0.25, -0.2) is 4.98 Å². The number of pyridine rings is 1. The second kappa shape index (κ2) is 4.85. The summed E-state index contributed by atoms with van der Waals surface area (Å²) in [7, 11) is -0.784. The van der Waals surface area contributed by atoms with Crippen LogP contribution in [-0.4, -0.2) is 34.7 Å². The Kier molecular flexibility index (Phi) is 3.46. The topological polar surface area (TPSA) is 48.7 Å². The van der Waals surface area contributed by atoms with Crippen molar-refractivity contribution in [3.63, 3.8) is 0 Å². The molecule has 0 amide bonds. The van der Waals surface area contributed by atoms with Crippen molar-refractivity contribution in [1.82, 2.24) is 9.90 Å². The van der Waals surface area contributed by atoms with Gasteiger partial charge in [-0.3, -0.25) is 0 Å². The summed E-state index contributed by atoms with van der Waals surface area (Å²) in [5, 5.41) is 14.7. The molecule has 0 atom stereocenters. The maximum Gasteiger partial charge on any atom is 0.469 e. The Morgan fingerprint density at radius 2 is 2.38 bits per heavy atom. The monoisotopic (exact) mass is 237 g/mol. The predicted molar refractivity (Wildman–Crippen MR) is 66.1 cm³/mol. The molecule has 4 nitrogen and oxygen atoms in total. The fourth-order valence-electron chi connectivity index (χ4n) is 1.68.